The first-order valence-electron chi connectivity index (χ1n) is 6.66. The molecule has 3 heteroatoms. The van der Waals surface area contributed by atoms with Gasteiger partial charge in [0.15, 0.2) is 0 Å². The van der Waals surface area contributed by atoms with Crippen molar-refractivity contribution in [3.05, 3.63) is 29.8 Å². The third-order valence-electron chi connectivity index (χ3n) is 3.51. The fraction of sp³-hybridized carbons (Fsp3) is 0.600. The van der Waals surface area contributed by atoms with Gasteiger partial charge in [-0.1, -0.05) is 25.1 Å². The van der Waals surface area contributed by atoms with E-state index in [0.717, 1.165) is 25.1 Å². The number of ether oxygens (including phenoxy) is 1. The van der Waals surface area contributed by atoms with E-state index in [1.807, 2.05) is 12.1 Å². The first kappa shape index (κ1) is 15.0. The number of likely N-dealkylation sites (N-methyl/N-ethyl adjacent to an activating group) is 1. The van der Waals surface area contributed by atoms with E-state index in [2.05, 4.69) is 37.9 Å². The molecule has 0 bridgehead atoms. The Hall–Kier alpha value is -1.06. The predicted octanol–water partition coefficient (Wildman–Crippen LogP) is 2.30. The lowest BCUT2D eigenvalue weighted by Gasteiger charge is -2.27. The lowest BCUT2D eigenvalue weighted by atomic mass is 10.0. The van der Waals surface area contributed by atoms with E-state index in [0.29, 0.717) is 6.04 Å². The summed E-state index contributed by atoms with van der Waals surface area (Å²) in [5, 5.41) is 0. The molecule has 0 amide bonds. The van der Waals surface area contributed by atoms with E-state index < -0.39 is 0 Å². The Bertz CT molecular complexity index is 354. The van der Waals surface area contributed by atoms with Crippen LogP contribution in [0.2, 0.25) is 0 Å². The average Bonchev–Trinajstić information content (AvgIpc) is 2.39. The summed E-state index contributed by atoms with van der Waals surface area (Å²) >= 11 is 0. The lowest BCUT2D eigenvalue weighted by Crippen LogP contribution is -2.40. The molecular formula is C15H26N2O. The molecular weight excluding hydrogens is 224 g/mol. The molecule has 0 saturated carbocycles. The number of hydrogen-bond acceptors (Lipinski definition) is 3. The molecule has 18 heavy (non-hydrogen) atoms. The number of nitrogens with zero attached hydrogens (tertiary/aromatic N) is 1. The summed E-state index contributed by atoms with van der Waals surface area (Å²) in [6.45, 7) is 5.30. The second kappa shape index (κ2) is 7.39. The number of nitrogens with two attached hydrogens (primary N) is 1. The van der Waals surface area contributed by atoms with Crippen molar-refractivity contribution >= 4 is 0 Å². The molecule has 0 aliphatic carbocycles. The van der Waals surface area contributed by atoms with E-state index in [1.165, 1.54) is 5.56 Å². The highest BCUT2D eigenvalue weighted by molar-refractivity contribution is 5.33. The molecule has 0 aliphatic heterocycles. The van der Waals surface area contributed by atoms with Crippen LogP contribution in [0.5, 0.6) is 5.75 Å². The third-order valence-corrected chi connectivity index (χ3v) is 3.51. The summed E-state index contributed by atoms with van der Waals surface area (Å²) in [5.74, 6) is 0.970. The molecule has 0 heterocycles. The van der Waals surface area contributed by atoms with Gasteiger partial charge >= 0.3 is 0 Å². The van der Waals surface area contributed by atoms with Crippen LogP contribution in [-0.2, 0) is 6.42 Å². The van der Waals surface area contributed by atoms with Crippen molar-refractivity contribution in [2.75, 3.05) is 20.7 Å². The van der Waals surface area contributed by atoms with Gasteiger partial charge in [0.2, 0.25) is 0 Å². The Morgan fingerprint density at radius 1 is 1.33 bits per heavy atom. The summed E-state index contributed by atoms with van der Waals surface area (Å²) in [4.78, 5) is 2.32. The van der Waals surface area contributed by atoms with E-state index >= 15 is 0 Å². The Kier molecular flexibility index (Phi) is 6.16. The molecule has 0 saturated heterocycles. The standard InChI is InChI=1S/C15H26N2O/c1-5-14(16)11-17(3)12(2)10-13-8-6-7-9-15(13)18-4/h6-9,12,14H,5,10-11,16H2,1-4H3. The molecule has 0 radical (unpaired) electrons. The van der Waals surface area contributed by atoms with Crippen LogP contribution in [-0.4, -0.2) is 37.7 Å². The van der Waals surface area contributed by atoms with Gasteiger partial charge in [-0.05, 0) is 38.4 Å². The summed E-state index contributed by atoms with van der Waals surface area (Å²) in [7, 11) is 3.86. The van der Waals surface area contributed by atoms with Gasteiger partial charge in [-0.25, -0.2) is 0 Å². The van der Waals surface area contributed by atoms with Crippen molar-refractivity contribution in [2.24, 2.45) is 5.73 Å². The molecule has 1 aromatic rings. The van der Waals surface area contributed by atoms with Crippen LogP contribution in [0.3, 0.4) is 0 Å². The van der Waals surface area contributed by atoms with Crippen molar-refractivity contribution in [3.8, 4) is 5.75 Å². The van der Waals surface area contributed by atoms with Crippen LogP contribution >= 0.6 is 0 Å². The normalized spacial score (nSPS) is 14.6. The fourth-order valence-electron chi connectivity index (χ4n) is 2.02. The lowest BCUT2D eigenvalue weighted by molar-refractivity contribution is 0.237. The highest BCUT2D eigenvalue weighted by atomic mass is 16.5. The van der Waals surface area contributed by atoms with Crippen LogP contribution in [0.15, 0.2) is 24.3 Å². The van der Waals surface area contributed by atoms with Crippen LogP contribution in [0, 0.1) is 0 Å². The van der Waals surface area contributed by atoms with E-state index in [-0.39, 0.29) is 6.04 Å². The van der Waals surface area contributed by atoms with Crippen molar-refractivity contribution in [2.45, 2.75) is 38.8 Å². The van der Waals surface area contributed by atoms with Gasteiger partial charge < -0.3 is 15.4 Å². The molecule has 0 aromatic heterocycles. The van der Waals surface area contributed by atoms with Gasteiger partial charge in [0.05, 0.1) is 7.11 Å². The van der Waals surface area contributed by atoms with Gasteiger partial charge in [0.25, 0.3) is 0 Å². The maximum Gasteiger partial charge on any atom is 0.122 e. The molecule has 2 N–H and O–H groups in total. The quantitative estimate of drug-likeness (QED) is 0.807. The number of hydrogen-bond donors (Lipinski definition) is 1. The smallest absolute Gasteiger partial charge is 0.122 e. The van der Waals surface area contributed by atoms with Crippen molar-refractivity contribution in [1.82, 2.24) is 4.90 Å². The van der Waals surface area contributed by atoms with Gasteiger partial charge in [0.1, 0.15) is 5.75 Å². The van der Waals surface area contributed by atoms with Gasteiger partial charge in [-0.3, -0.25) is 0 Å². The maximum absolute atomic E-state index is 5.99. The molecule has 2 unspecified atom stereocenters. The zero-order valence-electron chi connectivity index (χ0n) is 12.0. The molecule has 0 spiro atoms. The molecule has 2 atom stereocenters. The molecule has 0 aliphatic rings. The van der Waals surface area contributed by atoms with Crippen LogP contribution in [0.4, 0.5) is 0 Å². The average molecular weight is 250 g/mol. The summed E-state index contributed by atoms with van der Waals surface area (Å²) in [6.07, 6.45) is 2.00. The van der Waals surface area contributed by atoms with E-state index in [1.54, 1.807) is 7.11 Å². The van der Waals surface area contributed by atoms with Gasteiger partial charge in [-0.15, -0.1) is 0 Å². The van der Waals surface area contributed by atoms with Crippen molar-refractivity contribution in [1.29, 1.82) is 0 Å². The summed E-state index contributed by atoms with van der Waals surface area (Å²) in [5.41, 5.74) is 7.25. The monoisotopic (exact) mass is 250 g/mol. The highest BCUT2D eigenvalue weighted by Crippen LogP contribution is 2.20. The minimum absolute atomic E-state index is 0.259. The Morgan fingerprint density at radius 3 is 2.61 bits per heavy atom. The Balaban J connectivity index is 2.60. The van der Waals surface area contributed by atoms with Crippen LogP contribution in [0.1, 0.15) is 25.8 Å². The Morgan fingerprint density at radius 2 is 2.00 bits per heavy atom. The van der Waals surface area contributed by atoms with E-state index in [4.69, 9.17) is 10.5 Å². The molecule has 1 aromatic carbocycles. The molecule has 3 nitrogen and oxygen atoms in total. The Labute approximate surface area is 111 Å². The maximum atomic E-state index is 5.99. The number of para-hydroxylation sites is 1. The minimum atomic E-state index is 0.259. The second-order valence-corrected chi connectivity index (χ2v) is 4.97. The zero-order valence-corrected chi connectivity index (χ0v) is 12.0. The molecule has 0 fully saturated rings. The third kappa shape index (κ3) is 4.31. The number of rotatable bonds is 7. The van der Waals surface area contributed by atoms with Crippen LogP contribution < -0.4 is 10.5 Å². The first-order chi connectivity index (χ1) is 8.58. The van der Waals surface area contributed by atoms with Crippen LogP contribution in [0.25, 0.3) is 0 Å². The SMILES string of the molecule is CCC(N)CN(C)C(C)Cc1ccccc1OC. The molecule has 102 valence electrons. The second-order valence-electron chi connectivity index (χ2n) is 4.97. The van der Waals surface area contributed by atoms with Crippen molar-refractivity contribution < 1.29 is 4.74 Å². The first-order valence-corrected chi connectivity index (χ1v) is 6.66. The molecule has 1 rings (SSSR count). The topological polar surface area (TPSA) is 38.5 Å². The van der Waals surface area contributed by atoms with Gasteiger partial charge in [0, 0.05) is 18.6 Å². The minimum Gasteiger partial charge on any atom is -0.496 e. The predicted molar refractivity (Wildman–Crippen MR) is 77.1 cm³/mol. The van der Waals surface area contributed by atoms with E-state index in [9.17, 15) is 0 Å². The number of methoxy groups -OCH3 is 1. The fourth-order valence-corrected chi connectivity index (χ4v) is 2.02. The van der Waals surface area contributed by atoms with Gasteiger partial charge in [-0.2, -0.15) is 0 Å². The zero-order chi connectivity index (χ0) is 13.5. The van der Waals surface area contributed by atoms with Crippen molar-refractivity contribution in [3.63, 3.8) is 0 Å². The largest absolute Gasteiger partial charge is 0.496 e. The summed E-state index contributed by atoms with van der Waals surface area (Å²) in [6, 6.07) is 8.92. The number of benzene rings is 1. The summed E-state index contributed by atoms with van der Waals surface area (Å²) < 4.78 is 5.39. The highest BCUT2D eigenvalue weighted by Gasteiger charge is 2.14.